The quantitative estimate of drug-likeness (QED) is 0.733. The van der Waals surface area contributed by atoms with E-state index in [1.807, 2.05) is 0 Å². The second-order valence-corrected chi connectivity index (χ2v) is 16.8. The van der Waals surface area contributed by atoms with Gasteiger partial charge in [0.05, 0.1) is 0 Å². The summed E-state index contributed by atoms with van der Waals surface area (Å²) in [4.78, 5) is 4.41. The van der Waals surface area contributed by atoms with Crippen molar-refractivity contribution in [2.45, 2.75) is 32.3 Å². The molecule has 1 rings (SSSR count). The van der Waals surface area contributed by atoms with Crippen LogP contribution in [0.5, 0.6) is 0 Å². The predicted octanol–water partition coefficient (Wildman–Crippen LogP) is 3.74. The molecule has 1 atom stereocenters. The maximum atomic E-state index is 2.41. The van der Waals surface area contributed by atoms with Gasteiger partial charge >= 0.3 is 127 Å². The maximum absolute atomic E-state index is 2.41. The Morgan fingerprint density at radius 2 is 1.68 bits per heavy atom. The van der Waals surface area contributed by atoms with E-state index >= 15 is 0 Å². The summed E-state index contributed by atoms with van der Waals surface area (Å²) in [5.41, 5.74) is 3.19. The molecule has 0 saturated carbocycles. The Kier molecular flexibility index (Phi) is 7.12. The van der Waals surface area contributed by atoms with Gasteiger partial charge in [-0.15, -0.1) is 0 Å². The van der Waals surface area contributed by atoms with Gasteiger partial charge in [0.15, 0.2) is 0 Å². The van der Waals surface area contributed by atoms with Gasteiger partial charge < -0.3 is 0 Å². The summed E-state index contributed by atoms with van der Waals surface area (Å²) in [5, 5.41) is 0. The zero-order valence-electron chi connectivity index (χ0n) is 13.5. The van der Waals surface area contributed by atoms with E-state index in [0.29, 0.717) is 0 Å². The molecular formula is C16H29InN2. The standard InChI is InChI=1S/C12H19N2.2C2H5.In/c1-13(2)9-11-6-5-7-12(8-11)10-14(3)4;2*1-2;/h5-6,8-10H,7H2,1-4H3;2*1H2,2H3;. The van der Waals surface area contributed by atoms with Crippen molar-refractivity contribution < 1.29 is 0 Å². The fourth-order valence-electron chi connectivity index (χ4n) is 3.00. The number of allylic oxidation sites excluding steroid dienone is 4. The van der Waals surface area contributed by atoms with Gasteiger partial charge in [0.25, 0.3) is 0 Å². The Labute approximate surface area is 127 Å². The van der Waals surface area contributed by atoms with Gasteiger partial charge in [-0.3, -0.25) is 0 Å². The van der Waals surface area contributed by atoms with Crippen LogP contribution in [0.15, 0.2) is 35.7 Å². The zero-order valence-corrected chi connectivity index (χ0v) is 16.8. The Morgan fingerprint density at radius 1 is 1.11 bits per heavy atom. The van der Waals surface area contributed by atoms with E-state index in [2.05, 4.69) is 76.4 Å². The molecule has 0 aromatic rings. The minimum absolute atomic E-state index is 0.784. The van der Waals surface area contributed by atoms with Crippen molar-refractivity contribution in [3.63, 3.8) is 0 Å². The fourth-order valence-corrected chi connectivity index (χ4v) is 11.8. The zero-order chi connectivity index (χ0) is 14.4. The second kappa shape index (κ2) is 8.08. The Balaban J connectivity index is 3.17. The van der Waals surface area contributed by atoms with Gasteiger partial charge in [-0.05, 0) is 0 Å². The van der Waals surface area contributed by atoms with Crippen LogP contribution in [0, 0.1) is 0 Å². The Bertz CT molecular complexity index is 363. The van der Waals surface area contributed by atoms with Crippen LogP contribution < -0.4 is 0 Å². The number of hydrogen-bond donors (Lipinski definition) is 0. The molecule has 0 spiro atoms. The van der Waals surface area contributed by atoms with Crippen molar-refractivity contribution in [3.05, 3.63) is 35.7 Å². The van der Waals surface area contributed by atoms with Crippen LogP contribution in [0.4, 0.5) is 0 Å². The normalized spacial score (nSPS) is 22.9. The third-order valence-corrected chi connectivity index (χ3v) is 14.8. The van der Waals surface area contributed by atoms with Gasteiger partial charge in [-0.2, -0.15) is 0 Å². The summed E-state index contributed by atoms with van der Waals surface area (Å²) in [6.07, 6.45) is 10.5. The Hall–Kier alpha value is -0.310. The van der Waals surface area contributed by atoms with Crippen molar-refractivity contribution in [2.75, 3.05) is 28.2 Å². The van der Waals surface area contributed by atoms with Crippen LogP contribution in [-0.2, 0) is 0 Å². The summed E-state index contributed by atoms with van der Waals surface area (Å²) in [6, 6.07) is 0. The molecule has 0 N–H and O–H groups in total. The molecule has 0 saturated heterocycles. The molecule has 19 heavy (non-hydrogen) atoms. The summed E-state index contributed by atoms with van der Waals surface area (Å²) in [7, 11) is 8.54. The van der Waals surface area contributed by atoms with Crippen LogP contribution in [0.25, 0.3) is 0 Å². The van der Waals surface area contributed by atoms with E-state index in [0.717, 1.165) is 10.1 Å². The van der Waals surface area contributed by atoms with Crippen molar-refractivity contribution in [1.29, 1.82) is 0 Å². The van der Waals surface area contributed by atoms with E-state index in [9.17, 15) is 0 Å². The molecule has 0 radical (unpaired) electrons. The van der Waals surface area contributed by atoms with Crippen LogP contribution >= 0.6 is 0 Å². The van der Waals surface area contributed by atoms with Crippen LogP contribution in [-0.4, -0.2) is 59.4 Å². The van der Waals surface area contributed by atoms with Gasteiger partial charge in [0.2, 0.25) is 0 Å². The molecule has 0 amide bonds. The van der Waals surface area contributed by atoms with Gasteiger partial charge in [0.1, 0.15) is 0 Å². The first-order chi connectivity index (χ1) is 8.99. The van der Waals surface area contributed by atoms with Gasteiger partial charge in [-0.1, -0.05) is 0 Å². The monoisotopic (exact) mass is 364 g/mol. The summed E-state index contributed by atoms with van der Waals surface area (Å²) < 4.78 is 3.69. The third-order valence-electron chi connectivity index (χ3n) is 3.77. The second-order valence-electron chi connectivity index (χ2n) is 5.92. The molecular weight excluding hydrogens is 335 g/mol. The van der Waals surface area contributed by atoms with Crippen LogP contribution in [0.1, 0.15) is 20.3 Å². The number of rotatable bonds is 5. The molecule has 1 aliphatic rings. The predicted molar refractivity (Wildman–Crippen MR) is 87.8 cm³/mol. The molecule has 0 aliphatic heterocycles. The molecule has 3 heteroatoms. The van der Waals surface area contributed by atoms with Crippen molar-refractivity contribution in [1.82, 2.24) is 9.80 Å². The topological polar surface area (TPSA) is 6.48 Å². The molecule has 106 valence electrons. The van der Waals surface area contributed by atoms with Crippen LogP contribution in [0.2, 0.25) is 12.0 Å². The molecule has 1 unspecified atom stereocenters. The number of hydrogen-bond acceptors (Lipinski definition) is 2. The molecule has 1 aliphatic carbocycles. The molecule has 0 aromatic heterocycles. The van der Waals surface area contributed by atoms with Gasteiger partial charge in [0, 0.05) is 0 Å². The molecule has 0 aromatic carbocycles. The third kappa shape index (κ3) is 4.94. The molecule has 0 fully saturated rings. The van der Waals surface area contributed by atoms with Crippen molar-refractivity contribution in [2.24, 2.45) is 0 Å². The first kappa shape index (κ1) is 16.7. The summed E-state index contributed by atoms with van der Waals surface area (Å²) >= 11 is -1.51. The summed E-state index contributed by atoms with van der Waals surface area (Å²) in [5.74, 6) is 0. The summed E-state index contributed by atoms with van der Waals surface area (Å²) in [6.45, 7) is 4.81. The Morgan fingerprint density at radius 3 is 2.16 bits per heavy atom. The first-order valence-electron chi connectivity index (χ1n) is 7.41. The first-order valence-corrected chi connectivity index (χ1v) is 14.0. The average Bonchev–Trinajstić information content (AvgIpc) is 2.32. The SMILES string of the molecule is C[CH2][In]([CH2]C)[CH]1C(=CN(C)C)C=CCC1=CN(C)C. The molecule has 2 nitrogen and oxygen atoms in total. The van der Waals surface area contributed by atoms with Crippen molar-refractivity contribution >= 4 is 21.4 Å². The minimum atomic E-state index is -1.51. The van der Waals surface area contributed by atoms with Crippen molar-refractivity contribution in [3.8, 4) is 0 Å². The van der Waals surface area contributed by atoms with Crippen LogP contribution in [0.3, 0.4) is 0 Å². The van der Waals surface area contributed by atoms with E-state index < -0.39 is 21.4 Å². The van der Waals surface area contributed by atoms with E-state index in [1.54, 1.807) is 11.1 Å². The fraction of sp³-hybridized carbons (Fsp3) is 0.625. The molecule has 0 heterocycles. The van der Waals surface area contributed by atoms with E-state index in [4.69, 9.17) is 0 Å². The average molecular weight is 364 g/mol. The van der Waals surface area contributed by atoms with E-state index in [1.165, 1.54) is 8.35 Å². The number of nitrogens with zero attached hydrogens (tertiary/aromatic N) is 2. The van der Waals surface area contributed by atoms with E-state index in [-0.39, 0.29) is 0 Å². The molecule has 0 bridgehead atoms. The van der Waals surface area contributed by atoms with Gasteiger partial charge in [-0.25, -0.2) is 0 Å².